The van der Waals surface area contributed by atoms with Gasteiger partial charge in [0.25, 0.3) is 0 Å². The Morgan fingerprint density at radius 3 is 2.44 bits per heavy atom. The number of fused-ring (bicyclic) bond motifs is 1. The zero-order valence-corrected chi connectivity index (χ0v) is 10.0. The molecule has 0 unspecified atom stereocenters. The van der Waals surface area contributed by atoms with E-state index < -0.39 is 0 Å². The van der Waals surface area contributed by atoms with Gasteiger partial charge in [-0.1, -0.05) is 24.3 Å². The normalized spacial score (nSPS) is 14.1. The van der Waals surface area contributed by atoms with Gasteiger partial charge < -0.3 is 10.1 Å². The highest BCUT2D eigenvalue weighted by atomic mass is 35.5. The number of benzene rings is 1. The van der Waals surface area contributed by atoms with Gasteiger partial charge in [0, 0.05) is 6.04 Å². The molecule has 0 aliphatic heterocycles. The molecule has 0 heterocycles. The summed E-state index contributed by atoms with van der Waals surface area (Å²) in [6, 6.07) is 8.79. The quantitative estimate of drug-likeness (QED) is 0.812. The first-order chi connectivity index (χ1) is 7.29. The molecule has 1 N–H and O–H groups in total. The maximum Gasteiger partial charge on any atom is 0.319 e. The summed E-state index contributed by atoms with van der Waals surface area (Å²) < 4.78 is 4.59. The van der Waals surface area contributed by atoms with E-state index >= 15 is 0 Å². The van der Waals surface area contributed by atoms with Gasteiger partial charge in [-0.2, -0.15) is 0 Å². The third kappa shape index (κ3) is 2.97. The van der Waals surface area contributed by atoms with Crippen LogP contribution in [0.1, 0.15) is 11.1 Å². The third-order valence-electron chi connectivity index (χ3n) is 2.81. The molecule has 4 heteroatoms. The van der Waals surface area contributed by atoms with Crippen LogP contribution in [0, 0.1) is 0 Å². The number of carbonyl (C=O) groups is 1. The van der Waals surface area contributed by atoms with Crippen LogP contribution in [0.25, 0.3) is 0 Å². The highest BCUT2D eigenvalue weighted by molar-refractivity contribution is 5.85. The van der Waals surface area contributed by atoms with Crippen molar-refractivity contribution in [3.05, 3.63) is 35.4 Å². The molecular formula is C12H16ClNO2. The Bertz CT molecular complexity index is 343. The second-order valence-electron chi connectivity index (χ2n) is 3.83. The van der Waals surface area contributed by atoms with Gasteiger partial charge in [0.2, 0.25) is 0 Å². The maximum absolute atomic E-state index is 11.0. The number of methoxy groups -OCH3 is 1. The number of ether oxygens (including phenoxy) is 1. The second kappa shape index (κ2) is 5.87. The van der Waals surface area contributed by atoms with Crippen LogP contribution in [0.2, 0.25) is 0 Å². The molecule has 0 spiro atoms. The first-order valence-corrected chi connectivity index (χ1v) is 5.16. The Hall–Kier alpha value is -1.06. The average molecular weight is 242 g/mol. The van der Waals surface area contributed by atoms with E-state index in [1.165, 1.54) is 18.2 Å². The molecule has 1 aromatic carbocycles. The van der Waals surface area contributed by atoms with Crippen LogP contribution in [0.15, 0.2) is 24.3 Å². The van der Waals surface area contributed by atoms with E-state index in [-0.39, 0.29) is 18.4 Å². The largest absolute Gasteiger partial charge is 0.468 e. The van der Waals surface area contributed by atoms with Crippen LogP contribution in [0.4, 0.5) is 0 Å². The highest BCUT2D eigenvalue weighted by Gasteiger charge is 2.20. The number of hydrogen-bond acceptors (Lipinski definition) is 3. The molecule has 0 aromatic heterocycles. The summed E-state index contributed by atoms with van der Waals surface area (Å²) >= 11 is 0. The number of nitrogens with one attached hydrogen (secondary N) is 1. The van der Waals surface area contributed by atoms with Crippen LogP contribution in [0.3, 0.4) is 0 Å². The smallest absolute Gasteiger partial charge is 0.319 e. The summed E-state index contributed by atoms with van der Waals surface area (Å²) in [4.78, 5) is 11.0. The van der Waals surface area contributed by atoms with Gasteiger partial charge in [-0.3, -0.25) is 4.79 Å². The highest BCUT2D eigenvalue weighted by Crippen LogP contribution is 2.21. The summed E-state index contributed by atoms with van der Waals surface area (Å²) in [5.41, 5.74) is 2.78. The molecular weight excluding hydrogens is 226 g/mol. The van der Waals surface area contributed by atoms with Crippen LogP contribution >= 0.6 is 12.4 Å². The molecule has 0 radical (unpaired) electrons. The molecule has 0 atom stereocenters. The Morgan fingerprint density at radius 1 is 1.38 bits per heavy atom. The molecule has 1 aliphatic rings. The predicted octanol–water partition coefficient (Wildman–Crippen LogP) is 1.34. The summed E-state index contributed by atoms with van der Waals surface area (Å²) in [6.07, 6.45) is 2.01. The number of rotatable bonds is 3. The number of esters is 1. The van der Waals surface area contributed by atoms with Gasteiger partial charge in [-0.05, 0) is 24.0 Å². The molecule has 0 saturated carbocycles. The lowest BCUT2D eigenvalue weighted by molar-refractivity contribution is -0.139. The van der Waals surface area contributed by atoms with E-state index in [9.17, 15) is 4.79 Å². The van der Waals surface area contributed by atoms with E-state index in [0.717, 1.165) is 12.8 Å². The standard InChI is InChI=1S/C12H15NO2.ClH/c1-15-12(14)8-13-11-6-9-4-2-3-5-10(9)7-11;/h2-5,11,13H,6-8H2,1H3;1H. The van der Waals surface area contributed by atoms with Crippen molar-refractivity contribution in [1.82, 2.24) is 5.32 Å². The summed E-state index contributed by atoms with van der Waals surface area (Å²) in [7, 11) is 1.41. The van der Waals surface area contributed by atoms with Gasteiger partial charge in [0.15, 0.2) is 0 Å². The van der Waals surface area contributed by atoms with Crippen LogP contribution in [-0.4, -0.2) is 25.7 Å². The molecule has 0 amide bonds. The van der Waals surface area contributed by atoms with Crippen LogP contribution in [0.5, 0.6) is 0 Å². The molecule has 3 nitrogen and oxygen atoms in total. The van der Waals surface area contributed by atoms with Crippen LogP contribution < -0.4 is 5.32 Å². The van der Waals surface area contributed by atoms with E-state index in [1.54, 1.807) is 0 Å². The lowest BCUT2D eigenvalue weighted by atomic mass is 10.1. The lowest BCUT2D eigenvalue weighted by Crippen LogP contribution is -2.34. The van der Waals surface area contributed by atoms with Crippen molar-refractivity contribution >= 4 is 18.4 Å². The minimum absolute atomic E-state index is 0. The van der Waals surface area contributed by atoms with E-state index in [4.69, 9.17) is 0 Å². The minimum Gasteiger partial charge on any atom is -0.468 e. The summed E-state index contributed by atoms with van der Waals surface area (Å²) in [5.74, 6) is -0.203. The number of carbonyl (C=O) groups excluding carboxylic acids is 1. The molecule has 2 rings (SSSR count). The van der Waals surface area contributed by atoms with Crippen molar-refractivity contribution in [2.45, 2.75) is 18.9 Å². The van der Waals surface area contributed by atoms with Crippen LogP contribution in [-0.2, 0) is 22.4 Å². The molecule has 1 aliphatic carbocycles. The van der Waals surface area contributed by atoms with E-state index in [2.05, 4.69) is 34.3 Å². The maximum atomic E-state index is 11.0. The number of halogens is 1. The van der Waals surface area contributed by atoms with E-state index in [1.807, 2.05) is 0 Å². The Morgan fingerprint density at radius 2 is 1.94 bits per heavy atom. The summed E-state index contributed by atoms with van der Waals surface area (Å²) in [6.45, 7) is 0.301. The van der Waals surface area contributed by atoms with Crippen molar-refractivity contribution in [3.8, 4) is 0 Å². The third-order valence-corrected chi connectivity index (χ3v) is 2.81. The average Bonchev–Trinajstić information content (AvgIpc) is 2.68. The van der Waals surface area contributed by atoms with Crippen molar-refractivity contribution in [2.24, 2.45) is 0 Å². The summed E-state index contributed by atoms with van der Waals surface area (Å²) in [5, 5.41) is 3.20. The molecule has 0 fully saturated rings. The minimum atomic E-state index is -0.203. The Labute approximate surface area is 102 Å². The fourth-order valence-electron chi connectivity index (χ4n) is 2.00. The van der Waals surface area contributed by atoms with Crippen molar-refractivity contribution in [2.75, 3.05) is 13.7 Å². The zero-order valence-electron chi connectivity index (χ0n) is 9.23. The number of hydrogen-bond donors (Lipinski definition) is 1. The first kappa shape index (κ1) is 13.0. The predicted molar refractivity (Wildman–Crippen MR) is 64.9 cm³/mol. The van der Waals surface area contributed by atoms with Gasteiger partial charge in [0.05, 0.1) is 13.7 Å². The van der Waals surface area contributed by atoms with Crippen molar-refractivity contribution in [3.63, 3.8) is 0 Å². The molecule has 1 aromatic rings. The molecule has 88 valence electrons. The van der Waals surface area contributed by atoms with Crippen molar-refractivity contribution < 1.29 is 9.53 Å². The van der Waals surface area contributed by atoms with Gasteiger partial charge in [-0.25, -0.2) is 0 Å². The first-order valence-electron chi connectivity index (χ1n) is 5.16. The van der Waals surface area contributed by atoms with Crippen molar-refractivity contribution in [1.29, 1.82) is 0 Å². The fraction of sp³-hybridized carbons (Fsp3) is 0.417. The SMILES string of the molecule is COC(=O)CNC1Cc2ccccc2C1.Cl. The van der Waals surface area contributed by atoms with Gasteiger partial charge in [-0.15, -0.1) is 12.4 Å². The lowest BCUT2D eigenvalue weighted by Gasteiger charge is -2.09. The Balaban J connectivity index is 0.00000128. The second-order valence-corrected chi connectivity index (χ2v) is 3.83. The Kier molecular flexibility index (Phi) is 4.77. The molecule has 0 bridgehead atoms. The van der Waals surface area contributed by atoms with Gasteiger partial charge in [0.1, 0.15) is 0 Å². The fourth-order valence-corrected chi connectivity index (χ4v) is 2.00. The molecule has 16 heavy (non-hydrogen) atoms. The van der Waals surface area contributed by atoms with E-state index in [0.29, 0.717) is 12.6 Å². The monoisotopic (exact) mass is 241 g/mol. The molecule has 0 saturated heterocycles. The topological polar surface area (TPSA) is 38.3 Å². The zero-order chi connectivity index (χ0) is 10.7. The van der Waals surface area contributed by atoms with Gasteiger partial charge >= 0.3 is 5.97 Å².